The lowest BCUT2D eigenvalue weighted by Gasteiger charge is -2.29. The molecule has 2 aromatic rings. The molecule has 0 spiro atoms. The number of amides is 2. The molecule has 7 heteroatoms. The molecule has 0 saturated carbocycles. The first-order valence-corrected chi connectivity index (χ1v) is 11.1. The van der Waals surface area contributed by atoms with Crippen LogP contribution in [-0.2, 0) is 9.59 Å². The summed E-state index contributed by atoms with van der Waals surface area (Å²) in [6, 6.07) is 7.56. The van der Waals surface area contributed by atoms with Crippen molar-refractivity contribution >= 4 is 45.5 Å². The molecule has 0 unspecified atom stereocenters. The van der Waals surface area contributed by atoms with Crippen molar-refractivity contribution in [2.75, 3.05) is 31.1 Å². The normalized spacial score (nSPS) is 17.1. The SMILES string of the molecule is Cc1sc2c(c1C)C(c1ccccc1Cl)=NCC(=O)N2CC(=O)N1CCCCC1. The Morgan fingerprint density at radius 2 is 1.90 bits per heavy atom. The molecule has 0 radical (unpaired) electrons. The highest BCUT2D eigenvalue weighted by Crippen LogP contribution is 2.39. The molecule has 4 rings (SSSR count). The fourth-order valence-electron chi connectivity index (χ4n) is 3.91. The predicted molar refractivity (Wildman–Crippen MR) is 119 cm³/mol. The molecule has 5 nitrogen and oxygen atoms in total. The van der Waals surface area contributed by atoms with E-state index in [-0.39, 0.29) is 24.9 Å². The summed E-state index contributed by atoms with van der Waals surface area (Å²) in [6.07, 6.45) is 3.22. The van der Waals surface area contributed by atoms with E-state index < -0.39 is 0 Å². The summed E-state index contributed by atoms with van der Waals surface area (Å²) < 4.78 is 0. The van der Waals surface area contributed by atoms with Crippen molar-refractivity contribution < 1.29 is 9.59 Å². The largest absolute Gasteiger partial charge is 0.341 e. The molecule has 1 aromatic heterocycles. The second-order valence-electron chi connectivity index (χ2n) is 7.53. The van der Waals surface area contributed by atoms with Gasteiger partial charge in [0.25, 0.3) is 0 Å². The first-order valence-electron chi connectivity index (χ1n) is 9.95. The fraction of sp³-hybridized carbons (Fsp3) is 0.409. The minimum Gasteiger partial charge on any atom is -0.341 e. The van der Waals surface area contributed by atoms with Gasteiger partial charge in [-0.15, -0.1) is 11.3 Å². The molecule has 0 aliphatic carbocycles. The van der Waals surface area contributed by atoms with Crippen molar-refractivity contribution in [2.24, 2.45) is 4.99 Å². The fourth-order valence-corrected chi connectivity index (χ4v) is 5.31. The highest BCUT2D eigenvalue weighted by atomic mass is 35.5. The minimum atomic E-state index is -0.153. The maximum Gasteiger partial charge on any atom is 0.249 e. The Morgan fingerprint density at radius 3 is 2.62 bits per heavy atom. The summed E-state index contributed by atoms with van der Waals surface area (Å²) in [5.41, 5.74) is 3.54. The summed E-state index contributed by atoms with van der Waals surface area (Å²) in [4.78, 5) is 35.2. The molecule has 3 heterocycles. The van der Waals surface area contributed by atoms with Crippen LogP contribution in [0.5, 0.6) is 0 Å². The Hall–Kier alpha value is -2.18. The van der Waals surface area contributed by atoms with Crippen molar-refractivity contribution in [3.05, 3.63) is 50.9 Å². The van der Waals surface area contributed by atoms with E-state index in [0.29, 0.717) is 5.02 Å². The van der Waals surface area contributed by atoms with Crippen LogP contribution in [-0.4, -0.2) is 48.6 Å². The van der Waals surface area contributed by atoms with Crippen LogP contribution in [0.3, 0.4) is 0 Å². The third-order valence-corrected chi connectivity index (χ3v) is 7.21. The van der Waals surface area contributed by atoms with Crippen LogP contribution >= 0.6 is 22.9 Å². The average molecular weight is 430 g/mol. The topological polar surface area (TPSA) is 53.0 Å². The number of hydrogen-bond acceptors (Lipinski definition) is 4. The van der Waals surface area contributed by atoms with Crippen LogP contribution in [0.1, 0.15) is 40.8 Å². The Morgan fingerprint density at radius 1 is 1.17 bits per heavy atom. The lowest BCUT2D eigenvalue weighted by Crippen LogP contribution is -2.45. The molecule has 1 saturated heterocycles. The van der Waals surface area contributed by atoms with E-state index in [1.807, 2.05) is 43.0 Å². The average Bonchev–Trinajstić information content (AvgIpc) is 2.94. The van der Waals surface area contributed by atoms with Gasteiger partial charge in [0.05, 0.1) is 5.71 Å². The first kappa shape index (κ1) is 20.1. The third-order valence-electron chi connectivity index (χ3n) is 5.65. The number of halogens is 1. The number of piperidine rings is 1. The number of thiophene rings is 1. The number of aryl methyl sites for hydroxylation is 1. The van der Waals surface area contributed by atoms with Crippen LogP contribution in [0.25, 0.3) is 0 Å². The lowest BCUT2D eigenvalue weighted by atomic mass is 10.00. The standard InChI is InChI=1S/C22H24ClN3O2S/c1-14-15(2)29-22-20(14)21(16-8-4-5-9-17(16)23)24-12-18(27)26(22)13-19(28)25-10-6-3-7-11-25/h4-5,8-9H,3,6-7,10-13H2,1-2H3. The number of aliphatic imine (C=N–C) groups is 1. The second-order valence-corrected chi connectivity index (χ2v) is 9.14. The van der Waals surface area contributed by atoms with Gasteiger partial charge >= 0.3 is 0 Å². The monoisotopic (exact) mass is 429 g/mol. The van der Waals surface area contributed by atoms with Crippen molar-refractivity contribution in [2.45, 2.75) is 33.1 Å². The van der Waals surface area contributed by atoms with Gasteiger partial charge in [0.2, 0.25) is 11.8 Å². The van der Waals surface area contributed by atoms with E-state index in [9.17, 15) is 9.59 Å². The van der Waals surface area contributed by atoms with Crippen LogP contribution in [0, 0.1) is 13.8 Å². The molecule has 1 fully saturated rings. The van der Waals surface area contributed by atoms with Crippen molar-refractivity contribution in [3.8, 4) is 0 Å². The summed E-state index contributed by atoms with van der Waals surface area (Å²) in [7, 11) is 0. The molecule has 0 bridgehead atoms. The molecular weight excluding hydrogens is 406 g/mol. The molecule has 2 aliphatic rings. The molecule has 2 aliphatic heterocycles. The number of benzene rings is 1. The Balaban J connectivity index is 1.74. The zero-order chi connectivity index (χ0) is 20.5. The van der Waals surface area contributed by atoms with Gasteiger partial charge in [-0.25, -0.2) is 0 Å². The molecule has 2 amide bonds. The molecular formula is C22H24ClN3O2S. The number of rotatable bonds is 3. The number of carbonyl (C=O) groups is 2. The number of carbonyl (C=O) groups excluding carboxylic acids is 2. The van der Waals surface area contributed by atoms with E-state index >= 15 is 0 Å². The number of nitrogens with zero attached hydrogens (tertiary/aromatic N) is 3. The Kier molecular flexibility index (Phi) is 5.74. The molecule has 0 atom stereocenters. The van der Waals surface area contributed by atoms with Crippen molar-refractivity contribution in [1.82, 2.24) is 4.90 Å². The molecule has 29 heavy (non-hydrogen) atoms. The van der Waals surface area contributed by atoms with Gasteiger partial charge < -0.3 is 4.90 Å². The van der Waals surface area contributed by atoms with E-state index in [1.165, 1.54) is 0 Å². The van der Waals surface area contributed by atoms with Gasteiger partial charge in [0.1, 0.15) is 18.1 Å². The first-order chi connectivity index (χ1) is 14.0. The van der Waals surface area contributed by atoms with Gasteiger partial charge in [-0.3, -0.25) is 19.5 Å². The van der Waals surface area contributed by atoms with Crippen LogP contribution in [0.4, 0.5) is 5.00 Å². The quantitative estimate of drug-likeness (QED) is 0.733. The minimum absolute atomic E-state index is 0.00766. The smallest absolute Gasteiger partial charge is 0.249 e. The zero-order valence-electron chi connectivity index (χ0n) is 16.7. The van der Waals surface area contributed by atoms with Crippen LogP contribution in [0.15, 0.2) is 29.3 Å². The van der Waals surface area contributed by atoms with E-state index in [4.69, 9.17) is 11.6 Å². The number of hydrogen-bond donors (Lipinski definition) is 0. The van der Waals surface area contributed by atoms with E-state index in [2.05, 4.69) is 4.99 Å². The van der Waals surface area contributed by atoms with Gasteiger partial charge in [0.15, 0.2) is 0 Å². The second kappa shape index (κ2) is 8.28. The third kappa shape index (κ3) is 3.83. The number of likely N-dealkylation sites (tertiary alicyclic amines) is 1. The maximum absolute atomic E-state index is 13.0. The zero-order valence-corrected chi connectivity index (χ0v) is 18.3. The highest BCUT2D eigenvalue weighted by Gasteiger charge is 2.32. The van der Waals surface area contributed by atoms with Gasteiger partial charge in [-0.2, -0.15) is 0 Å². The summed E-state index contributed by atoms with van der Waals surface area (Å²) >= 11 is 8.00. The number of fused-ring (bicyclic) bond motifs is 1. The van der Waals surface area contributed by atoms with Gasteiger partial charge in [-0.1, -0.05) is 29.8 Å². The molecule has 0 N–H and O–H groups in total. The lowest BCUT2D eigenvalue weighted by molar-refractivity contribution is -0.132. The van der Waals surface area contributed by atoms with Crippen LogP contribution in [0.2, 0.25) is 5.02 Å². The summed E-state index contributed by atoms with van der Waals surface area (Å²) in [5, 5.41) is 1.40. The Labute approximate surface area is 180 Å². The van der Waals surface area contributed by atoms with Crippen LogP contribution < -0.4 is 4.90 Å². The van der Waals surface area contributed by atoms with Crippen molar-refractivity contribution in [3.63, 3.8) is 0 Å². The Bertz CT molecular complexity index is 992. The maximum atomic E-state index is 13.0. The summed E-state index contributed by atoms with van der Waals surface area (Å²) in [5.74, 6) is -0.145. The summed E-state index contributed by atoms with van der Waals surface area (Å²) in [6.45, 7) is 5.70. The van der Waals surface area contributed by atoms with Crippen molar-refractivity contribution in [1.29, 1.82) is 0 Å². The number of anilines is 1. The molecule has 1 aromatic carbocycles. The van der Waals surface area contributed by atoms with Gasteiger partial charge in [-0.05, 0) is 44.7 Å². The highest BCUT2D eigenvalue weighted by molar-refractivity contribution is 7.17. The van der Waals surface area contributed by atoms with E-state index in [0.717, 1.165) is 64.6 Å². The predicted octanol–water partition coefficient (Wildman–Crippen LogP) is 4.21. The van der Waals surface area contributed by atoms with Gasteiger partial charge in [0, 0.05) is 34.1 Å². The molecule has 152 valence electrons. The van der Waals surface area contributed by atoms with E-state index in [1.54, 1.807) is 16.2 Å².